The normalized spacial score (nSPS) is 10.3. The van der Waals surface area contributed by atoms with Gasteiger partial charge in [-0.3, -0.25) is 4.79 Å². The van der Waals surface area contributed by atoms with Crippen molar-refractivity contribution >= 4 is 17.5 Å². The van der Waals surface area contributed by atoms with Crippen LogP contribution in [0.2, 0.25) is 0 Å². The lowest BCUT2D eigenvalue weighted by molar-refractivity contribution is 0.103. The van der Waals surface area contributed by atoms with Gasteiger partial charge in [0.05, 0.1) is 17.9 Å². The molecule has 0 atom stereocenters. The summed E-state index contributed by atoms with van der Waals surface area (Å²) in [6.07, 6.45) is 1.41. The van der Waals surface area contributed by atoms with Gasteiger partial charge in [-0.2, -0.15) is 8.75 Å². The first-order valence-corrected chi connectivity index (χ1v) is 5.00. The van der Waals surface area contributed by atoms with E-state index in [9.17, 15) is 9.18 Å². The van der Waals surface area contributed by atoms with Gasteiger partial charge in [0.25, 0.3) is 0 Å². The first kappa shape index (κ1) is 9.92. The Morgan fingerprint density at radius 1 is 1.47 bits per heavy atom. The van der Waals surface area contributed by atoms with Crippen LogP contribution in [0.15, 0.2) is 24.4 Å². The molecule has 0 bridgehead atoms. The van der Waals surface area contributed by atoms with Gasteiger partial charge in [0.2, 0.25) is 5.78 Å². The zero-order valence-corrected chi connectivity index (χ0v) is 8.71. The minimum absolute atomic E-state index is 0.230. The quantitative estimate of drug-likeness (QED) is 0.732. The molecule has 3 nitrogen and oxygen atoms in total. The fraction of sp³-hybridized carbons (Fsp3) is 0.100. The van der Waals surface area contributed by atoms with E-state index >= 15 is 0 Å². The molecule has 1 aromatic heterocycles. The van der Waals surface area contributed by atoms with E-state index in [1.54, 1.807) is 6.92 Å². The Labute approximate surface area is 89.9 Å². The van der Waals surface area contributed by atoms with Gasteiger partial charge in [-0.15, -0.1) is 0 Å². The van der Waals surface area contributed by atoms with E-state index in [1.807, 2.05) is 0 Å². The summed E-state index contributed by atoms with van der Waals surface area (Å²) in [5.74, 6) is -0.546. The second-order valence-corrected chi connectivity index (χ2v) is 3.64. The van der Waals surface area contributed by atoms with Gasteiger partial charge in [0.15, 0.2) is 0 Å². The molecular weight excluding hydrogens is 215 g/mol. The Balaban J connectivity index is 2.39. The van der Waals surface area contributed by atoms with Crippen molar-refractivity contribution in [1.29, 1.82) is 0 Å². The van der Waals surface area contributed by atoms with Gasteiger partial charge in [-0.05, 0) is 30.7 Å². The number of rotatable bonds is 2. The van der Waals surface area contributed by atoms with Gasteiger partial charge in [-0.1, -0.05) is 0 Å². The number of benzene rings is 1. The largest absolute Gasteiger partial charge is 0.287 e. The maximum absolute atomic E-state index is 13.0. The van der Waals surface area contributed by atoms with Crippen molar-refractivity contribution < 1.29 is 9.18 Å². The first-order valence-electron chi connectivity index (χ1n) is 4.27. The fourth-order valence-corrected chi connectivity index (χ4v) is 1.61. The molecule has 0 N–H and O–H groups in total. The Bertz CT molecular complexity index is 496. The average molecular weight is 222 g/mol. The van der Waals surface area contributed by atoms with Gasteiger partial charge in [-0.25, -0.2) is 4.39 Å². The van der Waals surface area contributed by atoms with E-state index in [-0.39, 0.29) is 11.6 Å². The summed E-state index contributed by atoms with van der Waals surface area (Å²) in [4.78, 5) is 11.8. The van der Waals surface area contributed by atoms with Crippen LogP contribution < -0.4 is 0 Å². The van der Waals surface area contributed by atoms with Crippen LogP contribution in [0.5, 0.6) is 0 Å². The fourth-order valence-electron chi connectivity index (χ4n) is 1.20. The Kier molecular flexibility index (Phi) is 2.55. The number of carbonyl (C=O) groups is 1. The third-order valence-electron chi connectivity index (χ3n) is 2.01. The topological polar surface area (TPSA) is 42.9 Å². The zero-order chi connectivity index (χ0) is 10.8. The standard InChI is InChI=1S/C10H7FN2OS/c1-6-4-7(2-3-8(6)11)10(14)9-5-12-15-13-9/h2-5H,1H3. The molecule has 0 radical (unpaired) electrons. The van der Waals surface area contributed by atoms with Crippen LogP contribution in [0.3, 0.4) is 0 Å². The number of hydrogen-bond donors (Lipinski definition) is 0. The van der Waals surface area contributed by atoms with Crippen LogP contribution in [0.1, 0.15) is 21.6 Å². The molecule has 1 heterocycles. The third-order valence-corrected chi connectivity index (χ3v) is 2.49. The van der Waals surface area contributed by atoms with Crippen molar-refractivity contribution in [3.63, 3.8) is 0 Å². The monoisotopic (exact) mass is 222 g/mol. The summed E-state index contributed by atoms with van der Waals surface area (Å²) in [5, 5.41) is 0. The highest BCUT2D eigenvalue weighted by Crippen LogP contribution is 2.12. The number of aryl methyl sites for hydroxylation is 1. The molecular formula is C10H7FN2OS. The molecule has 0 unspecified atom stereocenters. The molecule has 2 aromatic rings. The summed E-state index contributed by atoms with van der Waals surface area (Å²) >= 11 is 0.975. The van der Waals surface area contributed by atoms with Gasteiger partial charge < -0.3 is 0 Å². The highest BCUT2D eigenvalue weighted by molar-refractivity contribution is 6.99. The smallest absolute Gasteiger partial charge is 0.214 e. The second-order valence-electron chi connectivity index (χ2n) is 3.09. The molecule has 0 aliphatic carbocycles. The van der Waals surface area contributed by atoms with Gasteiger partial charge >= 0.3 is 0 Å². The average Bonchev–Trinajstić information content (AvgIpc) is 2.74. The molecule has 0 fully saturated rings. The lowest BCUT2D eigenvalue weighted by atomic mass is 10.1. The molecule has 0 saturated carbocycles. The number of aromatic nitrogens is 2. The molecule has 2 rings (SSSR count). The molecule has 0 aliphatic rings. The van der Waals surface area contributed by atoms with E-state index < -0.39 is 0 Å². The van der Waals surface area contributed by atoms with Crippen LogP contribution in [-0.4, -0.2) is 14.5 Å². The predicted molar refractivity (Wildman–Crippen MR) is 54.5 cm³/mol. The summed E-state index contributed by atoms with van der Waals surface area (Å²) in [7, 11) is 0. The maximum atomic E-state index is 13.0. The van der Waals surface area contributed by atoms with Crippen molar-refractivity contribution in [2.24, 2.45) is 0 Å². The number of carbonyl (C=O) groups excluding carboxylic acids is 1. The van der Waals surface area contributed by atoms with Crippen LogP contribution in [-0.2, 0) is 0 Å². The van der Waals surface area contributed by atoms with E-state index in [4.69, 9.17) is 0 Å². The lowest BCUT2D eigenvalue weighted by Gasteiger charge is -1.99. The van der Waals surface area contributed by atoms with Crippen LogP contribution in [0, 0.1) is 12.7 Å². The molecule has 1 aromatic carbocycles. The van der Waals surface area contributed by atoms with Crippen molar-refractivity contribution in [1.82, 2.24) is 8.75 Å². The molecule has 0 spiro atoms. The number of hydrogen-bond acceptors (Lipinski definition) is 4. The highest BCUT2D eigenvalue weighted by Gasteiger charge is 2.12. The van der Waals surface area contributed by atoms with Crippen molar-refractivity contribution in [3.8, 4) is 0 Å². The van der Waals surface area contributed by atoms with Crippen molar-refractivity contribution in [3.05, 3.63) is 47.0 Å². The molecule has 0 amide bonds. The third kappa shape index (κ3) is 1.92. The molecule has 15 heavy (non-hydrogen) atoms. The molecule has 76 valence electrons. The Morgan fingerprint density at radius 2 is 2.27 bits per heavy atom. The number of nitrogens with zero attached hydrogens (tertiary/aromatic N) is 2. The minimum atomic E-state index is -0.317. The predicted octanol–water partition coefficient (Wildman–Crippen LogP) is 2.22. The molecule has 5 heteroatoms. The SMILES string of the molecule is Cc1cc(C(=O)c2cnsn2)ccc1F. The van der Waals surface area contributed by atoms with Crippen molar-refractivity contribution in [2.75, 3.05) is 0 Å². The number of halogens is 1. The van der Waals surface area contributed by atoms with Crippen LogP contribution >= 0.6 is 11.7 Å². The van der Waals surface area contributed by atoms with Crippen molar-refractivity contribution in [2.45, 2.75) is 6.92 Å². The molecule has 0 saturated heterocycles. The summed E-state index contributed by atoms with van der Waals surface area (Å²) in [6, 6.07) is 4.24. The van der Waals surface area contributed by atoms with Crippen LogP contribution in [0.25, 0.3) is 0 Å². The van der Waals surface area contributed by atoms with E-state index in [1.165, 1.54) is 24.4 Å². The minimum Gasteiger partial charge on any atom is -0.287 e. The van der Waals surface area contributed by atoms with E-state index in [0.29, 0.717) is 16.8 Å². The maximum Gasteiger partial charge on any atom is 0.214 e. The number of ketones is 1. The van der Waals surface area contributed by atoms with E-state index in [2.05, 4.69) is 8.75 Å². The summed E-state index contributed by atoms with van der Waals surface area (Å²) in [5.41, 5.74) is 1.18. The Morgan fingerprint density at radius 3 is 2.87 bits per heavy atom. The van der Waals surface area contributed by atoms with Crippen LogP contribution in [0.4, 0.5) is 4.39 Å². The summed E-state index contributed by atoms with van der Waals surface area (Å²) in [6.45, 7) is 1.62. The van der Waals surface area contributed by atoms with Gasteiger partial charge in [0, 0.05) is 5.56 Å². The Hall–Kier alpha value is -1.62. The van der Waals surface area contributed by atoms with Gasteiger partial charge in [0.1, 0.15) is 11.5 Å². The summed E-state index contributed by atoms with van der Waals surface area (Å²) < 4.78 is 20.5. The first-order chi connectivity index (χ1) is 7.18. The lowest BCUT2D eigenvalue weighted by Crippen LogP contribution is -2.02. The molecule has 0 aliphatic heterocycles. The second kappa shape index (κ2) is 3.86. The zero-order valence-electron chi connectivity index (χ0n) is 7.90. The van der Waals surface area contributed by atoms with E-state index in [0.717, 1.165) is 11.7 Å². The highest BCUT2D eigenvalue weighted by atomic mass is 32.1.